The first-order valence-corrected chi connectivity index (χ1v) is 10.5. The lowest BCUT2D eigenvalue weighted by Crippen LogP contribution is -2.51. The fourth-order valence-electron chi connectivity index (χ4n) is 2.99. The minimum absolute atomic E-state index is 0.0594. The van der Waals surface area contributed by atoms with Crippen molar-refractivity contribution in [2.45, 2.75) is 11.8 Å². The number of piperazine rings is 1. The molecule has 1 aliphatic heterocycles. The summed E-state index contributed by atoms with van der Waals surface area (Å²) in [5.41, 5.74) is 0.552. The highest BCUT2D eigenvalue weighted by Crippen LogP contribution is 2.20. The Hall–Kier alpha value is -2.78. The van der Waals surface area contributed by atoms with Crippen molar-refractivity contribution in [3.8, 4) is 5.75 Å². The Morgan fingerprint density at radius 3 is 2.21 bits per heavy atom. The largest absolute Gasteiger partial charge is 0.484 e. The Morgan fingerprint density at radius 1 is 1.00 bits per heavy atom. The van der Waals surface area contributed by atoms with E-state index < -0.39 is 15.8 Å². The van der Waals surface area contributed by atoms with E-state index in [1.54, 1.807) is 24.3 Å². The third-order valence-electron chi connectivity index (χ3n) is 4.67. The van der Waals surface area contributed by atoms with Gasteiger partial charge in [0, 0.05) is 31.7 Å². The van der Waals surface area contributed by atoms with Crippen LogP contribution in [0.25, 0.3) is 0 Å². The summed E-state index contributed by atoms with van der Waals surface area (Å²) in [5.74, 6) is -0.668. The van der Waals surface area contributed by atoms with E-state index >= 15 is 0 Å². The smallest absolute Gasteiger partial charge is 0.260 e. The van der Waals surface area contributed by atoms with Crippen LogP contribution in [0.2, 0.25) is 0 Å². The highest BCUT2D eigenvalue weighted by molar-refractivity contribution is 7.89. The highest BCUT2D eigenvalue weighted by atomic mass is 32.2. The topological polar surface area (TPSA) is 84.0 Å². The monoisotopic (exact) mass is 420 g/mol. The van der Waals surface area contributed by atoms with Gasteiger partial charge in [-0.25, -0.2) is 12.8 Å². The summed E-state index contributed by atoms with van der Waals surface area (Å²) >= 11 is 0. The fourth-order valence-corrected chi connectivity index (χ4v) is 4.48. The second kappa shape index (κ2) is 8.71. The fraction of sp³-hybridized carbons (Fsp3) is 0.300. The number of hydrogen-bond donors (Lipinski definition) is 0. The van der Waals surface area contributed by atoms with Crippen LogP contribution in [0.1, 0.15) is 17.3 Å². The van der Waals surface area contributed by atoms with Gasteiger partial charge in [0.1, 0.15) is 16.5 Å². The van der Waals surface area contributed by atoms with E-state index in [2.05, 4.69) is 0 Å². The van der Waals surface area contributed by atoms with E-state index in [4.69, 9.17) is 4.74 Å². The van der Waals surface area contributed by atoms with Crippen molar-refractivity contribution in [1.82, 2.24) is 9.21 Å². The van der Waals surface area contributed by atoms with Crippen LogP contribution in [0.4, 0.5) is 4.39 Å². The van der Waals surface area contributed by atoms with Crippen molar-refractivity contribution < 1.29 is 27.1 Å². The molecule has 9 heteroatoms. The van der Waals surface area contributed by atoms with E-state index in [0.29, 0.717) is 11.3 Å². The normalized spacial score (nSPS) is 15.2. The van der Waals surface area contributed by atoms with Gasteiger partial charge in [-0.15, -0.1) is 0 Å². The number of hydrogen-bond acceptors (Lipinski definition) is 5. The van der Waals surface area contributed by atoms with Crippen molar-refractivity contribution >= 4 is 21.7 Å². The maximum atomic E-state index is 13.9. The quantitative estimate of drug-likeness (QED) is 0.667. The zero-order chi connectivity index (χ0) is 21.0. The minimum atomic E-state index is -3.95. The summed E-state index contributed by atoms with van der Waals surface area (Å²) in [6.45, 7) is 1.81. The first-order valence-electron chi connectivity index (χ1n) is 9.05. The average molecular weight is 420 g/mol. The van der Waals surface area contributed by atoms with Gasteiger partial charge in [0.2, 0.25) is 10.0 Å². The lowest BCUT2D eigenvalue weighted by molar-refractivity contribution is -0.134. The first-order chi connectivity index (χ1) is 13.8. The lowest BCUT2D eigenvalue weighted by Gasteiger charge is -2.34. The number of Topliss-reactive ketones (excluding diaryl/α,β-unsaturated/α-hetero) is 1. The van der Waals surface area contributed by atoms with Gasteiger partial charge in [-0.1, -0.05) is 12.1 Å². The number of amides is 1. The molecule has 1 amide bonds. The van der Waals surface area contributed by atoms with Crippen LogP contribution in [-0.4, -0.2) is 62.1 Å². The van der Waals surface area contributed by atoms with E-state index in [0.717, 1.165) is 6.07 Å². The molecule has 3 rings (SSSR count). The molecule has 0 spiro atoms. The maximum Gasteiger partial charge on any atom is 0.260 e. The van der Waals surface area contributed by atoms with Crippen LogP contribution >= 0.6 is 0 Å². The highest BCUT2D eigenvalue weighted by Gasteiger charge is 2.31. The molecular weight excluding hydrogens is 399 g/mol. The number of sulfonamides is 1. The van der Waals surface area contributed by atoms with E-state index in [1.807, 2.05) is 0 Å². The number of ketones is 1. The number of nitrogens with zero attached hydrogens (tertiary/aromatic N) is 2. The van der Waals surface area contributed by atoms with E-state index in [9.17, 15) is 22.4 Å². The molecular formula is C20H21FN2O5S. The molecule has 0 bridgehead atoms. The number of ether oxygens (including phenoxy) is 1. The van der Waals surface area contributed by atoms with Crippen LogP contribution in [0.5, 0.6) is 5.75 Å². The minimum Gasteiger partial charge on any atom is -0.484 e. The Labute approximate surface area is 168 Å². The summed E-state index contributed by atoms with van der Waals surface area (Å²) in [6, 6.07) is 11.7. The van der Waals surface area contributed by atoms with Crippen LogP contribution in [0, 0.1) is 5.82 Å². The van der Waals surface area contributed by atoms with Crippen molar-refractivity contribution in [2.75, 3.05) is 32.8 Å². The Bertz CT molecular complexity index is 1000. The number of benzene rings is 2. The summed E-state index contributed by atoms with van der Waals surface area (Å²) in [7, 11) is -3.95. The Balaban J connectivity index is 1.54. The zero-order valence-corrected chi connectivity index (χ0v) is 16.7. The standard InChI is InChI=1S/C20H21FN2O5S/c1-15(24)16-6-8-17(9-7-16)28-14-20(25)22-10-12-23(13-11-22)29(26,27)19-5-3-2-4-18(19)21/h2-9H,10-14H2,1H3. The third-order valence-corrected chi connectivity index (χ3v) is 6.60. The third kappa shape index (κ3) is 4.80. The van der Waals surface area contributed by atoms with Gasteiger partial charge >= 0.3 is 0 Å². The number of halogens is 1. The zero-order valence-electron chi connectivity index (χ0n) is 15.9. The molecule has 2 aromatic rings. The van der Waals surface area contributed by atoms with Gasteiger partial charge in [0.25, 0.3) is 5.91 Å². The lowest BCUT2D eigenvalue weighted by atomic mass is 10.1. The molecule has 0 aliphatic carbocycles. The molecule has 0 unspecified atom stereocenters. The molecule has 7 nitrogen and oxygen atoms in total. The van der Waals surface area contributed by atoms with E-state index in [1.165, 1.54) is 34.3 Å². The molecule has 1 saturated heterocycles. The van der Waals surface area contributed by atoms with Crippen LogP contribution in [-0.2, 0) is 14.8 Å². The van der Waals surface area contributed by atoms with Gasteiger partial charge in [-0.05, 0) is 43.3 Å². The number of carbonyl (C=O) groups excluding carboxylic acids is 2. The number of carbonyl (C=O) groups is 2. The van der Waals surface area contributed by atoms with Crippen LogP contribution in [0.15, 0.2) is 53.4 Å². The van der Waals surface area contributed by atoms with Gasteiger partial charge in [-0.2, -0.15) is 4.31 Å². The second-order valence-electron chi connectivity index (χ2n) is 6.58. The summed E-state index contributed by atoms with van der Waals surface area (Å²) in [5, 5.41) is 0. The molecule has 0 atom stereocenters. The molecule has 29 heavy (non-hydrogen) atoms. The predicted octanol–water partition coefficient (Wildman–Crippen LogP) is 1.94. The molecule has 1 fully saturated rings. The van der Waals surface area contributed by atoms with Crippen molar-refractivity contribution in [3.63, 3.8) is 0 Å². The molecule has 0 saturated carbocycles. The SMILES string of the molecule is CC(=O)c1ccc(OCC(=O)N2CCN(S(=O)(=O)c3ccccc3F)CC2)cc1. The maximum absolute atomic E-state index is 13.9. The average Bonchev–Trinajstić information content (AvgIpc) is 2.72. The van der Waals surface area contributed by atoms with Crippen molar-refractivity contribution in [2.24, 2.45) is 0 Å². The van der Waals surface area contributed by atoms with Crippen molar-refractivity contribution in [1.29, 1.82) is 0 Å². The van der Waals surface area contributed by atoms with E-state index in [-0.39, 0.29) is 49.4 Å². The predicted molar refractivity (Wildman–Crippen MR) is 104 cm³/mol. The Morgan fingerprint density at radius 2 is 1.62 bits per heavy atom. The van der Waals surface area contributed by atoms with Crippen LogP contribution < -0.4 is 4.74 Å². The summed E-state index contributed by atoms with van der Waals surface area (Å²) in [4.78, 5) is 24.8. The second-order valence-corrected chi connectivity index (χ2v) is 8.49. The molecule has 154 valence electrons. The molecule has 0 aromatic heterocycles. The van der Waals surface area contributed by atoms with Crippen molar-refractivity contribution in [3.05, 3.63) is 59.9 Å². The molecule has 2 aromatic carbocycles. The van der Waals surface area contributed by atoms with Gasteiger partial charge in [-0.3, -0.25) is 9.59 Å². The van der Waals surface area contributed by atoms with Crippen LogP contribution in [0.3, 0.4) is 0 Å². The molecule has 1 aliphatic rings. The molecule has 1 heterocycles. The summed E-state index contributed by atoms with van der Waals surface area (Å²) in [6.07, 6.45) is 0. The van der Waals surface area contributed by atoms with Gasteiger partial charge in [0.05, 0.1) is 0 Å². The Kier molecular flexibility index (Phi) is 6.29. The molecule has 0 radical (unpaired) electrons. The summed E-state index contributed by atoms with van der Waals surface area (Å²) < 4.78 is 45.7. The first kappa shape index (κ1) is 20.9. The van der Waals surface area contributed by atoms with Gasteiger partial charge in [0.15, 0.2) is 12.4 Å². The number of rotatable bonds is 6. The van der Waals surface area contributed by atoms with Gasteiger partial charge < -0.3 is 9.64 Å². The molecule has 0 N–H and O–H groups in total.